The highest BCUT2D eigenvalue weighted by atomic mass is 16.6. The van der Waals surface area contributed by atoms with Crippen molar-refractivity contribution in [2.75, 3.05) is 0 Å². The van der Waals surface area contributed by atoms with Crippen LogP contribution in [0.3, 0.4) is 0 Å². The van der Waals surface area contributed by atoms with E-state index in [-0.39, 0.29) is 0 Å². The maximum atomic E-state index is 12.7. The van der Waals surface area contributed by atoms with Gasteiger partial charge < -0.3 is 14.8 Å². The fraction of sp³-hybridized carbons (Fsp3) is 0.385. The maximum Gasteiger partial charge on any atom is 0.411 e. The molecule has 0 bridgehead atoms. The van der Waals surface area contributed by atoms with Crippen LogP contribution < -0.4 is 10.6 Å². The third-order valence-electron chi connectivity index (χ3n) is 4.19. The van der Waals surface area contributed by atoms with Crippen molar-refractivity contribution in [3.8, 4) is 0 Å². The highest BCUT2D eigenvalue weighted by molar-refractivity contribution is 5.70. The van der Waals surface area contributed by atoms with Crippen LogP contribution in [0.25, 0.3) is 0 Å². The van der Waals surface area contributed by atoms with Gasteiger partial charge in [-0.15, -0.1) is 0 Å². The van der Waals surface area contributed by atoms with Crippen LogP contribution in [0, 0.1) is 0 Å². The monoisotopic (exact) mass is 438 g/mol. The molecular weight excluding hydrogens is 404 g/mol. The van der Waals surface area contributed by atoms with Gasteiger partial charge in [0.25, 0.3) is 0 Å². The largest absolute Gasteiger partial charge is 0.444 e. The third-order valence-corrected chi connectivity index (χ3v) is 4.19. The molecule has 1 atom stereocenters. The lowest BCUT2D eigenvalue weighted by molar-refractivity contribution is 0.0510. The summed E-state index contributed by atoms with van der Waals surface area (Å²) in [6.45, 7) is 10.9. The van der Waals surface area contributed by atoms with Crippen molar-refractivity contribution in [2.24, 2.45) is 0 Å². The van der Waals surface area contributed by atoms with E-state index in [0.29, 0.717) is 6.42 Å². The fourth-order valence-electron chi connectivity index (χ4n) is 2.99. The van der Waals surface area contributed by atoms with Crippen LogP contribution in [0.1, 0.15) is 58.7 Å². The van der Waals surface area contributed by atoms with Crippen molar-refractivity contribution in [1.29, 1.82) is 0 Å². The third kappa shape index (κ3) is 9.25. The summed E-state index contributed by atoms with van der Waals surface area (Å²) < 4.78 is 10.9. The predicted octanol–water partition coefficient (Wildman–Crippen LogP) is 5.90. The molecular formula is C26H34N2O4. The molecule has 2 rings (SSSR count). The molecule has 0 fully saturated rings. The zero-order valence-electron chi connectivity index (χ0n) is 19.8. The Hall–Kier alpha value is -3.28. The quantitative estimate of drug-likeness (QED) is 0.588. The van der Waals surface area contributed by atoms with Crippen LogP contribution in [0.5, 0.6) is 0 Å². The summed E-state index contributed by atoms with van der Waals surface area (Å²) in [6, 6.07) is 18.9. The molecule has 6 heteroatoms. The number of rotatable bonds is 6. The first kappa shape index (κ1) is 25.0. The molecule has 2 aromatic rings. The summed E-state index contributed by atoms with van der Waals surface area (Å²) in [4.78, 5) is 24.9. The zero-order valence-corrected chi connectivity index (χ0v) is 19.8. The molecule has 0 saturated heterocycles. The molecule has 0 saturated carbocycles. The van der Waals surface area contributed by atoms with Gasteiger partial charge in [0.05, 0.1) is 6.04 Å². The van der Waals surface area contributed by atoms with E-state index in [0.717, 1.165) is 16.7 Å². The number of hydrogen-bond donors (Lipinski definition) is 2. The SMILES string of the molecule is CC(C)(C)OC(=O)N/C=C(\Cc1ccccc1)C(NC(=O)OC(C)(C)C)c1ccccc1. The highest BCUT2D eigenvalue weighted by Gasteiger charge is 2.24. The summed E-state index contributed by atoms with van der Waals surface area (Å²) in [5, 5.41) is 5.68. The van der Waals surface area contributed by atoms with Gasteiger partial charge >= 0.3 is 12.2 Å². The normalized spacial score (nSPS) is 13.1. The minimum absolute atomic E-state index is 0.506. The molecule has 0 aliphatic heterocycles. The number of carbonyl (C=O) groups excluding carboxylic acids is 2. The number of carbonyl (C=O) groups is 2. The van der Waals surface area contributed by atoms with Gasteiger partial charge in [-0.05, 0) is 64.7 Å². The first-order chi connectivity index (χ1) is 14.9. The molecule has 0 heterocycles. The number of ether oxygens (including phenoxy) is 2. The Bertz CT molecular complexity index is 910. The van der Waals surface area contributed by atoms with Crippen LogP contribution in [0.4, 0.5) is 9.59 Å². The molecule has 2 aromatic carbocycles. The molecule has 0 aliphatic rings. The second-order valence-electron chi connectivity index (χ2n) is 9.52. The zero-order chi connectivity index (χ0) is 23.8. The van der Waals surface area contributed by atoms with E-state index in [4.69, 9.17) is 9.47 Å². The minimum atomic E-state index is -0.636. The minimum Gasteiger partial charge on any atom is -0.444 e. The van der Waals surface area contributed by atoms with Gasteiger partial charge in [-0.2, -0.15) is 0 Å². The molecule has 1 unspecified atom stereocenters. The number of nitrogens with one attached hydrogen (secondary N) is 2. The Labute approximate surface area is 191 Å². The molecule has 0 radical (unpaired) electrons. The van der Waals surface area contributed by atoms with Gasteiger partial charge in [-0.1, -0.05) is 60.7 Å². The Morgan fingerprint density at radius 1 is 0.812 bits per heavy atom. The lowest BCUT2D eigenvalue weighted by atomic mass is 9.94. The van der Waals surface area contributed by atoms with Gasteiger partial charge in [0.1, 0.15) is 11.2 Å². The van der Waals surface area contributed by atoms with Crippen LogP contribution in [0.2, 0.25) is 0 Å². The average molecular weight is 439 g/mol. The number of hydrogen-bond acceptors (Lipinski definition) is 4. The van der Waals surface area contributed by atoms with Crippen LogP contribution in [-0.2, 0) is 15.9 Å². The van der Waals surface area contributed by atoms with Crippen molar-refractivity contribution in [2.45, 2.75) is 65.2 Å². The summed E-state index contributed by atoms with van der Waals surface area (Å²) in [5.74, 6) is 0. The van der Waals surface area contributed by atoms with E-state index in [2.05, 4.69) is 10.6 Å². The van der Waals surface area contributed by atoms with Gasteiger partial charge in [0, 0.05) is 6.20 Å². The second-order valence-corrected chi connectivity index (χ2v) is 9.52. The van der Waals surface area contributed by atoms with Crippen molar-refractivity contribution >= 4 is 12.2 Å². The molecule has 0 aromatic heterocycles. The van der Waals surface area contributed by atoms with Gasteiger partial charge in [-0.25, -0.2) is 9.59 Å². The maximum absolute atomic E-state index is 12.7. The number of alkyl carbamates (subject to hydrolysis) is 2. The summed E-state index contributed by atoms with van der Waals surface area (Å²) in [5.41, 5.74) is 1.43. The Morgan fingerprint density at radius 3 is 1.84 bits per heavy atom. The molecule has 172 valence electrons. The molecule has 6 nitrogen and oxygen atoms in total. The lowest BCUT2D eigenvalue weighted by Gasteiger charge is -2.26. The van der Waals surface area contributed by atoms with Crippen LogP contribution in [-0.4, -0.2) is 23.4 Å². The molecule has 0 spiro atoms. The van der Waals surface area contributed by atoms with E-state index in [1.807, 2.05) is 81.4 Å². The van der Waals surface area contributed by atoms with Crippen LogP contribution >= 0.6 is 0 Å². The van der Waals surface area contributed by atoms with E-state index in [1.165, 1.54) is 0 Å². The fourth-order valence-corrected chi connectivity index (χ4v) is 2.99. The first-order valence-electron chi connectivity index (χ1n) is 10.7. The number of amides is 2. The standard InChI is InChI=1S/C26H34N2O4/c1-25(2,3)31-23(29)27-18-21(17-19-13-9-7-10-14-19)22(20-15-11-8-12-16-20)28-24(30)32-26(4,5)6/h7-16,18,22H,17H2,1-6H3,(H,27,29)(H,28,30)/b21-18+. The number of benzene rings is 2. The van der Waals surface area contributed by atoms with E-state index >= 15 is 0 Å². The average Bonchev–Trinajstić information content (AvgIpc) is 2.68. The Kier molecular flexibility index (Phi) is 8.47. The van der Waals surface area contributed by atoms with Gasteiger partial charge in [0.15, 0.2) is 0 Å². The van der Waals surface area contributed by atoms with Crippen molar-refractivity contribution < 1.29 is 19.1 Å². The topological polar surface area (TPSA) is 76.7 Å². The van der Waals surface area contributed by atoms with E-state index in [9.17, 15) is 9.59 Å². The van der Waals surface area contributed by atoms with Crippen LogP contribution in [0.15, 0.2) is 72.4 Å². The summed E-state index contributed by atoms with van der Waals surface area (Å²) in [7, 11) is 0. The smallest absolute Gasteiger partial charge is 0.411 e. The lowest BCUT2D eigenvalue weighted by Crippen LogP contribution is -2.36. The van der Waals surface area contributed by atoms with Gasteiger partial charge in [0.2, 0.25) is 0 Å². The first-order valence-corrected chi connectivity index (χ1v) is 10.7. The van der Waals surface area contributed by atoms with E-state index in [1.54, 1.807) is 27.0 Å². The highest BCUT2D eigenvalue weighted by Crippen LogP contribution is 2.25. The molecule has 32 heavy (non-hydrogen) atoms. The Morgan fingerprint density at radius 2 is 1.31 bits per heavy atom. The Balaban J connectivity index is 2.39. The van der Waals surface area contributed by atoms with Crippen molar-refractivity contribution in [1.82, 2.24) is 10.6 Å². The molecule has 2 N–H and O–H groups in total. The van der Waals surface area contributed by atoms with Crippen molar-refractivity contribution in [3.63, 3.8) is 0 Å². The summed E-state index contributed by atoms with van der Waals surface area (Å²) >= 11 is 0. The van der Waals surface area contributed by atoms with Crippen molar-refractivity contribution in [3.05, 3.63) is 83.6 Å². The predicted molar refractivity (Wildman–Crippen MR) is 126 cm³/mol. The second kappa shape index (κ2) is 10.8. The molecule has 0 aliphatic carbocycles. The molecule has 2 amide bonds. The van der Waals surface area contributed by atoms with Gasteiger partial charge in [-0.3, -0.25) is 5.32 Å². The van der Waals surface area contributed by atoms with E-state index < -0.39 is 29.4 Å². The summed E-state index contributed by atoms with van der Waals surface area (Å²) in [6.07, 6.45) is 1.01.